The number of ketones is 1. The molecule has 0 saturated heterocycles. The summed E-state index contributed by atoms with van der Waals surface area (Å²) in [6, 6.07) is 7.51. The molecule has 1 N–H and O–H groups in total. The number of nitrogens with zero attached hydrogens (tertiary/aromatic N) is 5. The van der Waals surface area contributed by atoms with Gasteiger partial charge < -0.3 is 9.67 Å². The van der Waals surface area contributed by atoms with Gasteiger partial charge >= 0.3 is 0 Å². The van der Waals surface area contributed by atoms with E-state index in [0.717, 1.165) is 35.0 Å². The Morgan fingerprint density at radius 3 is 2.88 bits per heavy atom. The number of benzene rings is 1. The van der Waals surface area contributed by atoms with Gasteiger partial charge in [-0.25, -0.2) is 9.97 Å². The first-order chi connectivity index (χ1) is 16.3. The molecule has 34 heavy (non-hydrogen) atoms. The van der Waals surface area contributed by atoms with Gasteiger partial charge in [0, 0.05) is 30.6 Å². The molecule has 7 nitrogen and oxygen atoms in total. The maximum Gasteiger partial charge on any atom is 0.227 e. The molecule has 1 aliphatic carbocycles. The Bertz CT molecular complexity index is 1440. The molecule has 9 heteroatoms. The topological polar surface area (TPSA) is 85.8 Å². The van der Waals surface area contributed by atoms with Crippen molar-refractivity contribution in [1.29, 1.82) is 0 Å². The van der Waals surface area contributed by atoms with Crippen LogP contribution < -0.4 is 0 Å². The number of aromatic nitrogens is 5. The van der Waals surface area contributed by atoms with Crippen LogP contribution in [-0.4, -0.2) is 40.8 Å². The number of pyridine rings is 1. The van der Waals surface area contributed by atoms with Crippen LogP contribution in [0.1, 0.15) is 55.3 Å². The van der Waals surface area contributed by atoms with Gasteiger partial charge in [0.05, 0.1) is 39.9 Å². The van der Waals surface area contributed by atoms with Crippen LogP contribution in [0.5, 0.6) is 0 Å². The highest BCUT2D eigenvalue weighted by atomic mass is 79.9. The van der Waals surface area contributed by atoms with Crippen molar-refractivity contribution in [2.24, 2.45) is 7.05 Å². The van der Waals surface area contributed by atoms with Crippen LogP contribution in [-0.2, 0) is 11.8 Å². The smallest absolute Gasteiger partial charge is 0.227 e. The summed E-state index contributed by atoms with van der Waals surface area (Å²) in [6.45, 7) is 0. The number of aryl methyl sites for hydroxylation is 1. The van der Waals surface area contributed by atoms with Crippen LogP contribution >= 0.6 is 15.9 Å². The fourth-order valence-electron chi connectivity index (χ4n) is 5.51. The molecule has 0 radical (unpaired) electrons. The summed E-state index contributed by atoms with van der Waals surface area (Å²) >= 11 is 3.19. The van der Waals surface area contributed by atoms with E-state index in [-0.39, 0.29) is 22.6 Å². The zero-order chi connectivity index (χ0) is 23.6. The van der Waals surface area contributed by atoms with E-state index in [1.807, 2.05) is 17.8 Å². The van der Waals surface area contributed by atoms with Crippen molar-refractivity contribution in [3.8, 4) is 11.3 Å². The first kappa shape index (κ1) is 21.6. The number of hydrogen-bond acceptors (Lipinski definition) is 5. The average Bonchev–Trinajstić information content (AvgIpc) is 3.50. The third-order valence-electron chi connectivity index (χ3n) is 7.38. The van der Waals surface area contributed by atoms with E-state index in [2.05, 4.69) is 49.2 Å². The normalized spacial score (nSPS) is 23.8. The first-order valence-corrected chi connectivity index (χ1v) is 12.2. The van der Waals surface area contributed by atoms with E-state index in [0.29, 0.717) is 18.5 Å². The third kappa shape index (κ3) is 3.41. The zero-order valence-corrected chi connectivity index (χ0v) is 20.2. The van der Waals surface area contributed by atoms with Crippen molar-refractivity contribution in [2.75, 3.05) is 0 Å². The molecule has 6 rings (SSSR count). The highest BCUT2D eigenvalue weighted by Crippen LogP contribution is 2.44. The Morgan fingerprint density at radius 2 is 2.09 bits per heavy atom. The Morgan fingerprint density at radius 1 is 1.29 bits per heavy atom. The lowest BCUT2D eigenvalue weighted by Crippen LogP contribution is -2.42. The van der Waals surface area contributed by atoms with Gasteiger partial charge in [-0.2, -0.15) is 9.49 Å². The Labute approximate surface area is 203 Å². The molecule has 0 amide bonds. The van der Waals surface area contributed by atoms with Crippen LogP contribution in [0.25, 0.3) is 22.2 Å². The lowest BCUT2D eigenvalue weighted by atomic mass is 9.73. The van der Waals surface area contributed by atoms with Gasteiger partial charge in [-0.1, -0.05) is 12.1 Å². The Kier molecular flexibility index (Phi) is 4.97. The summed E-state index contributed by atoms with van der Waals surface area (Å²) in [6.07, 6.45) is 7.60. The molecule has 1 unspecified atom stereocenters. The predicted octanol–water partition coefficient (Wildman–Crippen LogP) is 4.68. The molecule has 0 spiro atoms. The number of rotatable bonds is 4. The summed E-state index contributed by atoms with van der Waals surface area (Å²) in [4.78, 5) is 21.7. The number of carbonyl (C=O) groups excluding carboxylic acids is 1. The van der Waals surface area contributed by atoms with Crippen LogP contribution in [0.3, 0.4) is 0 Å². The van der Waals surface area contributed by atoms with Gasteiger partial charge in [-0.15, -0.1) is 0 Å². The molecule has 1 fully saturated rings. The van der Waals surface area contributed by atoms with Crippen molar-refractivity contribution in [1.82, 2.24) is 24.3 Å². The summed E-state index contributed by atoms with van der Waals surface area (Å²) < 4.78 is 18.1. The number of halogens is 2. The first-order valence-electron chi connectivity index (χ1n) is 11.4. The molecule has 1 saturated carbocycles. The van der Waals surface area contributed by atoms with E-state index in [4.69, 9.17) is 0 Å². The molecule has 4 heterocycles. The largest absolute Gasteiger partial charge is 0.382 e. The molecule has 1 aromatic carbocycles. The summed E-state index contributed by atoms with van der Waals surface area (Å²) in [5.41, 5.74) is 2.82. The standard InChI is InChI=1S/C25H23BrFN5O2/c1-31-12-16-3-2-15(8-19(16)30-31)14-4-6-25(34,7-5-14)22(33)10-20-23-17(9-18(26)24(27)29-23)21-11-28-13-32(20)21/h2-3,8-9,11-14,20,34H,4-7,10H2,1H3. The SMILES string of the molecule is Cn1cc2ccc(C3CCC(O)(C(=O)CC4c5nc(F)c(Br)cc5-c5cncn54)CC3)cc2n1. The number of hydrogen-bond donors (Lipinski definition) is 1. The number of imidazole rings is 1. The van der Waals surface area contributed by atoms with E-state index in [9.17, 15) is 14.3 Å². The minimum atomic E-state index is -1.39. The van der Waals surface area contributed by atoms with Gasteiger partial charge in [-0.05, 0) is 65.2 Å². The maximum absolute atomic E-state index is 14.2. The minimum Gasteiger partial charge on any atom is -0.382 e. The second kappa shape index (κ2) is 7.81. The van der Waals surface area contributed by atoms with Crippen molar-refractivity contribution < 1.29 is 14.3 Å². The van der Waals surface area contributed by atoms with E-state index in [1.165, 1.54) is 5.56 Å². The fourth-order valence-corrected chi connectivity index (χ4v) is 5.83. The molecule has 1 aliphatic heterocycles. The molecular weight excluding hydrogens is 501 g/mol. The summed E-state index contributed by atoms with van der Waals surface area (Å²) in [5, 5.41) is 16.9. The van der Waals surface area contributed by atoms with E-state index in [1.54, 1.807) is 23.3 Å². The van der Waals surface area contributed by atoms with Gasteiger partial charge in [0.25, 0.3) is 0 Å². The van der Waals surface area contributed by atoms with E-state index < -0.39 is 17.6 Å². The lowest BCUT2D eigenvalue weighted by molar-refractivity contribution is -0.141. The van der Waals surface area contributed by atoms with Crippen molar-refractivity contribution >= 4 is 32.6 Å². The van der Waals surface area contributed by atoms with E-state index >= 15 is 0 Å². The Balaban J connectivity index is 1.20. The highest BCUT2D eigenvalue weighted by Gasteiger charge is 2.43. The molecule has 4 aromatic rings. The number of carbonyl (C=O) groups is 1. The molecule has 3 aromatic heterocycles. The molecule has 2 aliphatic rings. The van der Waals surface area contributed by atoms with Gasteiger partial charge in [0.2, 0.25) is 5.95 Å². The molecule has 174 valence electrons. The molecular formula is C25H23BrFN5O2. The van der Waals surface area contributed by atoms with Crippen molar-refractivity contribution in [3.05, 3.63) is 64.7 Å². The third-order valence-corrected chi connectivity index (χ3v) is 7.94. The summed E-state index contributed by atoms with van der Waals surface area (Å²) in [7, 11) is 1.91. The van der Waals surface area contributed by atoms with Gasteiger partial charge in [0.15, 0.2) is 5.78 Å². The zero-order valence-electron chi connectivity index (χ0n) is 18.6. The van der Waals surface area contributed by atoms with Gasteiger partial charge in [0.1, 0.15) is 5.60 Å². The van der Waals surface area contributed by atoms with Crippen molar-refractivity contribution in [3.63, 3.8) is 0 Å². The lowest BCUT2D eigenvalue weighted by Gasteiger charge is -2.35. The number of aliphatic hydroxyl groups is 1. The second-order valence-corrected chi connectivity index (χ2v) is 10.3. The average molecular weight is 524 g/mol. The maximum atomic E-state index is 14.2. The quantitative estimate of drug-likeness (QED) is 0.392. The summed E-state index contributed by atoms with van der Waals surface area (Å²) in [5.74, 6) is -0.562. The van der Waals surface area contributed by atoms with Crippen molar-refractivity contribution in [2.45, 2.75) is 49.7 Å². The van der Waals surface area contributed by atoms with Crippen LogP contribution in [0, 0.1) is 5.95 Å². The molecule has 1 atom stereocenters. The minimum absolute atomic E-state index is 0.0471. The Hall–Kier alpha value is -2.91. The second-order valence-electron chi connectivity index (χ2n) is 9.45. The highest BCUT2D eigenvalue weighted by molar-refractivity contribution is 9.10. The monoisotopic (exact) mass is 523 g/mol. The molecule has 0 bridgehead atoms. The van der Waals surface area contributed by atoms with Crippen LogP contribution in [0.2, 0.25) is 0 Å². The fraction of sp³-hybridized carbons (Fsp3) is 0.360. The number of fused-ring (bicyclic) bond motifs is 4. The predicted molar refractivity (Wildman–Crippen MR) is 128 cm³/mol. The van der Waals surface area contributed by atoms with Gasteiger partial charge in [-0.3, -0.25) is 9.48 Å². The van der Waals surface area contributed by atoms with Crippen LogP contribution in [0.4, 0.5) is 4.39 Å². The number of Topliss-reactive ketones (excluding diaryl/α,β-unsaturated/α-hetero) is 1. The van der Waals surface area contributed by atoms with Crippen LogP contribution in [0.15, 0.2) is 47.5 Å².